The van der Waals surface area contributed by atoms with E-state index in [1.54, 1.807) is 12.1 Å². The molecule has 0 unspecified atom stereocenters. The molecule has 0 fully saturated rings. The number of hydrogen-bond acceptors (Lipinski definition) is 3. The van der Waals surface area contributed by atoms with Crippen molar-refractivity contribution in [1.29, 1.82) is 0 Å². The first-order valence-electron chi connectivity index (χ1n) is 7.76. The van der Waals surface area contributed by atoms with Crippen LogP contribution in [0.3, 0.4) is 0 Å². The molecule has 0 aliphatic carbocycles. The van der Waals surface area contributed by atoms with Gasteiger partial charge in [-0.2, -0.15) is 0 Å². The Bertz CT molecular complexity index is 1060. The fraction of sp³-hybridized carbons (Fsp3) is 0.0500. The Morgan fingerprint density at radius 2 is 1.80 bits per heavy atom. The number of halogens is 1. The van der Waals surface area contributed by atoms with E-state index < -0.39 is 5.91 Å². The van der Waals surface area contributed by atoms with Crippen molar-refractivity contribution in [3.8, 4) is 11.3 Å². The van der Waals surface area contributed by atoms with E-state index in [9.17, 15) is 4.79 Å². The third kappa shape index (κ3) is 3.04. The molecule has 4 nitrogen and oxygen atoms in total. The minimum absolute atomic E-state index is 0.137. The van der Waals surface area contributed by atoms with Crippen LogP contribution in [-0.2, 0) is 6.42 Å². The molecular formula is C20H14ClNO3. The maximum absolute atomic E-state index is 11.2. The highest BCUT2D eigenvalue weighted by molar-refractivity contribution is 6.31. The molecule has 0 spiro atoms. The van der Waals surface area contributed by atoms with Gasteiger partial charge in [0.2, 0.25) is 0 Å². The summed E-state index contributed by atoms with van der Waals surface area (Å²) in [6.45, 7) is 0. The Labute approximate surface area is 148 Å². The highest BCUT2D eigenvalue weighted by Gasteiger charge is 2.14. The van der Waals surface area contributed by atoms with Gasteiger partial charge >= 0.3 is 0 Å². The average Bonchev–Trinajstić information content (AvgIpc) is 3.22. The summed E-state index contributed by atoms with van der Waals surface area (Å²) in [6.07, 6.45) is 0.450. The lowest BCUT2D eigenvalue weighted by atomic mass is 10.1. The van der Waals surface area contributed by atoms with E-state index in [-0.39, 0.29) is 5.76 Å². The number of carbonyl (C=O) groups excluding carboxylic acids is 1. The highest BCUT2D eigenvalue weighted by Crippen LogP contribution is 2.33. The lowest BCUT2D eigenvalue weighted by Crippen LogP contribution is -2.09. The zero-order chi connectivity index (χ0) is 17.4. The van der Waals surface area contributed by atoms with Crippen LogP contribution in [0, 0.1) is 0 Å². The molecule has 0 saturated heterocycles. The molecule has 2 N–H and O–H groups in total. The van der Waals surface area contributed by atoms with Gasteiger partial charge in [-0.15, -0.1) is 0 Å². The fourth-order valence-electron chi connectivity index (χ4n) is 2.85. The normalized spacial score (nSPS) is 11.1. The van der Waals surface area contributed by atoms with Crippen LogP contribution in [0.25, 0.3) is 22.3 Å². The van der Waals surface area contributed by atoms with Crippen molar-refractivity contribution in [1.82, 2.24) is 0 Å². The predicted molar refractivity (Wildman–Crippen MR) is 96.7 cm³/mol. The van der Waals surface area contributed by atoms with Crippen LogP contribution in [0.4, 0.5) is 0 Å². The fourth-order valence-corrected chi connectivity index (χ4v) is 3.10. The first-order chi connectivity index (χ1) is 12.1. The Hall–Kier alpha value is -2.98. The monoisotopic (exact) mass is 351 g/mol. The molecule has 25 heavy (non-hydrogen) atoms. The Balaban J connectivity index is 1.77. The molecule has 0 aliphatic rings. The average molecular weight is 352 g/mol. The van der Waals surface area contributed by atoms with E-state index in [4.69, 9.17) is 26.2 Å². The van der Waals surface area contributed by atoms with Gasteiger partial charge < -0.3 is 14.6 Å². The number of fused-ring (bicyclic) bond motifs is 1. The summed E-state index contributed by atoms with van der Waals surface area (Å²) in [5, 5.41) is 1.53. The Morgan fingerprint density at radius 1 is 1.00 bits per heavy atom. The number of amides is 1. The summed E-state index contributed by atoms with van der Waals surface area (Å²) in [7, 11) is 0. The number of rotatable bonds is 4. The second kappa shape index (κ2) is 6.15. The van der Waals surface area contributed by atoms with Gasteiger partial charge in [0.25, 0.3) is 5.91 Å². The van der Waals surface area contributed by atoms with Crippen LogP contribution in [0.5, 0.6) is 0 Å². The minimum Gasteiger partial charge on any atom is -0.456 e. The zero-order valence-electron chi connectivity index (χ0n) is 13.2. The predicted octanol–water partition coefficient (Wildman–Crippen LogP) is 5.04. The van der Waals surface area contributed by atoms with Crippen LogP contribution in [0.1, 0.15) is 21.9 Å². The van der Waals surface area contributed by atoms with Crippen LogP contribution in [0.15, 0.2) is 69.5 Å². The summed E-state index contributed by atoms with van der Waals surface area (Å²) >= 11 is 6.25. The van der Waals surface area contributed by atoms with E-state index in [0.717, 1.165) is 27.9 Å². The van der Waals surface area contributed by atoms with Crippen LogP contribution in [0.2, 0.25) is 5.02 Å². The van der Waals surface area contributed by atoms with Crippen molar-refractivity contribution in [2.24, 2.45) is 5.73 Å². The first kappa shape index (κ1) is 15.5. The summed E-state index contributed by atoms with van der Waals surface area (Å²) in [5.41, 5.74) is 7.86. The molecule has 124 valence electrons. The van der Waals surface area contributed by atoms with Crippen molar-refractivity contribution >= 4 is 28.5 Å². The molecule has 0 radical (unpaired) electrons. The molecule has 2 aromatic carbocycles. The molecule has 5 heteroatoms. The topological polar surface area (TPSA) is 69.4 Å². The van der Waals surface area contributed by atoms with Gasteiger partial charge in [-0.3, -0.25) is 4.79 Å². The third-order valence-electron chi connectivity index (χ3n) is 3.99. The van der Waals surface area contributed by atoms with E-state index in [2.05, 4.69) is 0 Å². The summed E-state index contributed by atoms with van der Waals surface area (Å²) in [4.78, 5) is 11.2. The molecule has 0 aliphatic heterocycles. The molecule has 0 atom stereocenters. The zero-order valence-corrected chi connectivity index (χ0v) is 13.9. The van der Waals surface area contributed by atoms with Gasteiger partial charge in [-0.05, 0) is 30.3 Å². The van der Waals surface area contributed by atoms with Gasteiger partial charge in [0, 0.05) is 28.0 Å². The molecule has 4 rings (SSSR count). The van der Waals surface area contributed by atoms with Crippen molar-refractivity contribution in [3.63, 3.8) is 0 Å². The van der Waals surface area contributed by atoms with E-state index in [1.165, 1.54) is 0 Å². The van der Waals surface area contributed by atoms with Crippen molar-refractivity contribution < 1.29 is 13.6 Å². The van der Waals surface area contributed by atoms with Gasteiger partial charge in [0.1, 0.15) is 17.1 Å². The molecule has 2 aromatic heterocycles. The highest BCUT2D eigenvalue weighted by atomic mass is 35.5. The van der Waals surface area contributed by atoms with Gasteiger partial charge in [0.15, 0.2) is 5.76 Å². The summed E-state index contributed by atoms with van der Waals surface area (Å²) < 4.78 is 11.5. The van der Waals surface area contributed by atoms with Crippen molar-refractivity contribution in [3.05, 3.63) is 82.8 Å². The number of hydrogen-bond donors (Lipinski definition) is 1. The van der Waals surface area contributed by atoms with E-state index in [0.29, 0.717) is 17.2 Å². The Kier molecular flexibility index (Phi) is 3.82. The molecular weight excluding hydrogens is 338 g/mol. The maximum Gasteiger partial charge on any atom is 0.284 e. The Morgan fingerprint density at radius 3 is 2.52 bits per heavy atom. The largest absolute Gasteiger partial charge is 0.456 e. The molecule has 1 amide bonds. The van der Waals surface area contributed by atoms with Crippen molar-refractivity contribution in [2.45, 2.75) is 6.42 Å². The maximum atomic E-state index is 11.2. The molecule has 2 heterocycles. The quantitative estimate of drug-likeness (QED) is 0.560. The van der Waals surface area contributed by atoms with Crippen LogP contribution < -0.4 is 5.73 Å². The van der Waals surface area contributed by atoms with E-state index in [1.807, 2.05) is 48.5 Å². The number of carbonyl (C=O) groups is 1. The third-order valence-corrected chi connectivity index (χ3v) is 4.20. The van der Waals surface area contributed by atoms with Gasteiger partial charge in [-0.25, -0.2) is 0 Å². The lowest BCUT2D eigenvalue weighted by molar-refractivity contribution is 0.0972. The second-order valence-electron chi connectivity index (χ2n) is 5.77. The van der Waals surface area contributed by atoms with Crippen LogP contribution in [-0.4, -0.2) is 5.91 Å². The number of benzene rings is 2. The second-order valence-corrected chi connectivity index (χ2v) is 6.20. The number of furan rings is 2. The summed E-state index contributed by atoms with van der Waals surface area (Å²) in [6, 6.07) is 18.8. The SMILES string of the molecule is NC(=O)c1ccc(Cc2cc(Cl)cc3cc(-c4ccccc4)oc23)o1. The smallest absolute Gasteiger partial charge is 0.284 e. The number of primary amides is 1. The lowest BCUT2D eigenvalue weighted by Gasteiger charge is -2.02. The van der Waals surface area contributed by atoms with Gasteiger partial charge in [0.05, 0.1) is 0 Å². The first-order valence-corrected chi connectivity index (χ1v) is 8.14. The standard InChI is InChI=1S/C20H14ClNO3/c21-15-8-13(10-16-6-7-17(24-16)20(22)23)19-14(9-15)11-18(25-19)12-4-2-1-3-5-12/h1-9,11H,10H2,(H2,22,23). The minimum atomic E-state index is -0.591. The summed E-state index contributed by atoms with van der Waals surface area (Å²) in [5.74, 6) is 0.941. The number of nitrogens with two attached hydrogens (primary N) is 1. The van der Waals surface area contributed by atoms with Crippen LogP contribution >= 0.6 is 11.6 Å². The molecule has 4 aromatic rings. The van der Waals surface area contributed by atoms with E-state index >= 15 is 0 Å². The van der Waals surface area contributed by atoms with Gasteiger partial charge in [-0.1, -0.05) is 41.9 Å². The molecule has 0 saturated carbocycles. The molecule has 0 bridgehead atoms. The van der Waals surface area contributed by atoms with Crippen molar-refractivity contribution in [2.75, 3.05) is 0 Å².